The fourth-order valence-corrected chi connectivity index (χ4v) is 4.74. The van der Waals surface area contributed by atoms with Crippen molar-refractivity contribution in [3.8, 4) is 11.4 Å². The third-order valence-corrected chi connectivity index (χ3v) is 6.64. The zero-order valence-electron chi connectivity index (χ0n) is 19.1. The monoisotopic (exact) mass is 493 g/mol. The Balaban J connectivity index is 1.73. The average Bonchev–Trinajstić information content (AvgIpc) is 2.84. The van der Waals surface area contributed by atoms with E-state index >= 15 is 0 Å². The number of carbonyl (C=O) groups is 1. The molecule has 174 valence electrons. The number of nitrogens with zero attached hydrogens (tertiary/aromatic N) is 2. The third-order valence-electron chi connectivity index (χ3n) is 5.46. The Bertz CT molecular complexity index is 1430. The van der Waals surface area contributed by atoms with E-state index in [1.165, 1.54) is 16.3 Å². The standard InChI is InChI=1S/C26H24ClN3O3S/c1-4-17-9-7-8-16(2)24(17)29-23(31)15-34-26-28-20-14-18(27)12-13-19(20)25(32)30(26)21-10-5-6-11-22(21)33-3/h5-14H,4,15H2,1-3H3,(H,29,31). The molecule has 0 aliphatic heterocycles. The Labute approximate surface area is 206 Å². The van der Waals surface area contributed by atoms with E-state index in [0.717, 1.165) is 23.2 Å². The summed E-state index contributed by atoms with van der Waals surface area (Å²) in [5.41, 5.74) is 3.66. The zero-order valence-corrected chi connectivity index (χ0v) is 20.7. The number of nitrogens with one attached hydrogen (secondary N) is 1. The van der Waals surface area contributed by atoms with Crippen LogP contribution in [0.25, 0.3) is 16.6 Å². The van der Waals surface area contributed by atoms with Crippen molar-refractivity contribution in [1.29, 1.82) is 0 Å². The summed E-state index contributed by atoms with van der Waals surface area (Å²) in [6.07, 6.45) is 0.810. The highest BCUT2D eigenvalue weighted by molar-refractivity contribution is 7.99. The lowest BCUT2D eigenvalue weighted by atomic mass is 10.1. The van der Waals surface area contributed by atoms with Gasteiger partial charge in [0.25, 0.3) is 5.56 Å². The van der Waals surface area contributed by atoms with Crippen LogP contribution in [0.4, 0.5) is 5.69 Å². The number of rotatable bonds is 7. The summed E-state index contributed by atoms with van der Waals surface area (Å²) in [5.74, 6) is 0.421. The van der Waals surface area contributed by atoms with Crippen LogP contribution >= 0.6 is 23.4 Å². The molecule has 0 aliphatic carbocycles. The third kappa shape index (κ3) is 4.81. The van der Waals surface area contributed by atoms with E-state index in [1.54, 1.807) is 37.4 Å². The lowest BCUT2D eigenvalue weighted by molar-refractivity contribution is -0.113. The van der Waals surface area contributed by atoms with Crippen molar-refractivity contribution >= 4 is 45.9 Å². The van der Waals surface area contributed by atoms with Gasteiger partial charge in [-0.1, -0.05) is 60.6 Å². The van der Waals surface area contributed by atoms with E-state index in [4.69, 9.17) is 16.3 Å². The maximum absolute atomic E-state index is 13.5. The molecule has 0 fully saturated rings. The van der Waals surface area contributed by atoms with Gasteiger partial charge in [-0.05, 0) is 54.8 Å². The molecule has 1 heterocycles. The van der Waals surface area contributed by atoms with Crippen LogP contribution in [-0.2, 0) is 11.2 Å². The molecule has 34 heavy (non-hydrogen) atoms. The second kappa shape index (κ2) is 10.3. The minimum Gasteiger partial charge on any atom is -0.495 e. The molecule has 0 bridgehead atoms. The van der Waals surface area contributed by atoms with Gasteiger partial charge in [0, 0.05) is 10.7 Å². The first-order valence-electron chi connectivity index (χ1n) is 10.8. The number of hydrogen-bond donors (Lipinski definition) is 1. The molecule has 1 amide bonds. The molecule has 6 nitrogen and oxygen atoms in total. The Kier molecular flexibility index (Phi) is 7.24. The van der Waals surface area contributed by atoms with Crippen molar-refractivity contribution in [3.63, 3.8) is 0 Å². The summed E-state index contributed by atoms with van der Waals surface area (Å²) in [4.78, 5) is 31.1. The molecule has 0 saturated heterocycles. The van der Waals surface area contributed by atoms with Crippen molar-refractivity contribution in [3.05, 3.63) is 87.2 Å². The highest BCUT2D eigenvalue weighted by Crippen LogP contribution is 2.28. The smallest absolute Gasteiger partial charge is 0.266 e. The first kappa shape index (κ1) is 23.9. The number of aromatic nitrogens is 2. The van der Waals surface area contributed by atoms with E-state index in [1.807, 2.05) is 37.3 Å². The molecule has 0 saturated carbocycles. The molecule has 4 rings (SSSR count). The number of amides is 1. The van der Waals surface area contributed by atoms with Gasteiger partial charge < -0.3 is 10.1 Å². The van der Waals surface area contributed by atoms with E-state index in [-0.39, 0.29) is 17.2 Å². The number of halogens is 1. The molecule has 0 atom stereocenters. The van der Waals surface area contributed by atoms with Gasteiger partial charge in [0.1, 0.15) is 5.75 Å². The van der Waals surface area contributed by atoms with E-state index < -0.39 is 0 Å². The van der Waals surface area contributed by atoms with Crippen LogP contribution in [-0.4, -0.2) is 28.3 Å². The molecule has 0 spiro atoms. The van der Waals surface area contributed by atoms with Crippen molar-refractivity contribution in [2.45, 2.75) is 25.4 Å². The van der Waals surface area contributed by atoms with Crippen LogP contribution in [0.5, 0.6) is 5.75 Å². The molecule has 1 aromatic heterocycles. The van der Waals surface area contributed by atoms with Gasteiger partial charge in [-0.3, -0.25) is 14.2 Å². The summed E-state index contributed by atoms with van der Waals surface area (Å²) in [6, 6.07) is 18.1. The number of anilines is 1. The predicted octanol–water partition coefficient (Wildman–Crippen LogP) is 5.65. The summed E-state index contributed by atoms with van der Waals surface area (Å²) in [6.45, 7) is 4.02. The highest BCUT2D eigenvalue weighted by Gasteiger charge is 2.18. The van der Waals surface area contributed by atoms with Crippen LogP contribution in [0.3, 0.4) is 0 Å². The van der Waals surface area contributed by atoms with Crippen LogP contribution < -0.4 is 15.6 Å². The number of fused-ring (bicyclic) bond motifs is 1. The Hall–Kier alpha value is -3.29. The molecule has 3 aromatic carbocycles. The molecule has 0 aliphatic rings. The van der Waals surface area contributed by atoms with Crippen molar-refractivity contribution in [1.82, 2.24) is 9.55 Å². The SMILES string of the molecule is CCc1cccc(C)c1NC(=O)CSc1nc2cc(Cl)ccc2c(=O)n1-c1ccccc1OC. The average molecular weight is 494 g/mol. The van der Waals surface area contributed by atoms with Crippen molar-refractivity contribution < 1.29 is 9.53 Å². The number of thioether (sulfide) groups is 1. The molecular formula is C26H24ClN3O3S. The minimum absolute atomic E-state index is 0.0746. The van der Waals surface area contributed by atoms with E-state index in [0.29, 0.717) is 32.5 Å². The summed E-state index contributed by atoms with van der Waals surface area (Å²) < 4.78 is 6.97. The largest absolute Gasteiger partial charge is 0.495 e. The molecule has 8 heteroatoms. The second-order valence-electron chi connectivity index (χ2n) is 7.67. The highest BCUT2D eigenvalue weighted by atomic mass is 35.5. The minimum atomic E-state index is -0.263. The fourth-order valence-electron chi connectivity index (χ4n) is 3.77. The van der Waals surface area contributed by atoms with Crippen LogP contribution in [0.1, 0.15) is 18.1 Å². The molecule has 1 N–H and O–H groups in total. The van der Waals surface area contributed by atoms with E-state index in [2.05, 4.69) is 17.2 Å². The van der Waals surface area contributed by atoms with Gasteiger partial charge >= 0.3 is 0 Å². The number of aryl methyl sites for hydroxylation is 2. The number of methoxy groups -OCH3 is 1. The Morgan fingerprint density at radius 1 is 1.15 bits per heavy atom. The number of carbonyl (C=O) groups excluding carboxylic acids is 1. The summed E-state index contributed by atoms with van der Waals surface area (Å²) >= 11 is 7.33. The maximum atomic E-state index is 13.5. The van der Waals surface area contributed by atoms with Crippen LogP contribution in [0.15, 0.2) is 70.6 Å². The van der Waals surface area contributed by atoms with Gasteiger partial charge in [0.05, 0.1) is 29.5 Å². The van der Waals surface area contributed by atoms with Gasteiger partial charge in [0.2, 0.25) is 5.91 Å². The predicted molar refractivity (Wildman–Crippen MR) is 139 cm³/mol. The van der Waals surface area contributed by atoms with E-state index in [9.17, 15) is 9.59 Å². The molecule has 4 aromatic rings. The number of para-hydroxylation sites is 3. The lowest BCUT2D eigenvalue weighted by Crippen LogP contribution is -2.23. The quantitative estimate of drug-likeness (QED) is 0.266. The fraction of sp³-hybridized carbons (Fsp3) is 0.192. The van der Waals surface area contributed by atoms with Crippen LogP contribution in [0.2, 0.25) is 5.02 Å². The van der Waals surface area contributed by atoms with Gasteiger partial charge in [-0.15, -0.1) is 0 Å². The van der Waals surface area contributed by atoms with Crippen LogP contribution in [0, 0.1) is 6.92 Å². The normalized spacial score (nSPS) is 10.9. The first-order valence-corrected chi connectivity index (χ1v) is 12.2. The van der Waals surface area contributed by atoms with Crippen molar-refractivity contribution in [2.75, 3.05) is 18.2 Å². The summed E-state index contributed by atoms with van der Waals surface area (Å²) in [5, 5.41) is 4.31. The van der Waals surface area contributed by atoms with Gasteiger partial charge in [-0.2, -0.15) is 0 Å². The second-order valence-corrected chi connectivity index (χ2v) is 9.05. The molecular weight excluding hydrogens is 470 g/mol. The number of ether oxygens (including phenoxy) is 1. The summed E-state index contributed by atoms with van der Waals surface area (Å²) in [7, 11) is 1.55. The zero-order chi connectivity index (χ0) is 24.2. The van der Waals surface area contributed by atoms with Gasteiger partial charge in [-0.25, -0.2) is 4.98 Å². The maximum Gasteiger partial charge on any atom is 0.266 e. The topological polar surface area (TPSA) is 73.2 Å². The molecule has 0 radical (unpaired) electrons. The molecule has 0 unspecified atom stereocenters. The number of benzene rings is 3. The Morgan fingerprint density at radius 2 is 1.94 bits per heavy atom. The first-order chi connectivity index (χ1) is 16.4. The van der Waals surface area contributed by atoms with Crippen molar-refractivity contribution in [2.24, 2.45) is 0 Å². The lowest BCUT2D eigenvalue weighted by Gasteiger charge is -2.16. The van der Waals surface area contributed by atoms with Gasteiger partial charge in [0.15, 0.2) is 5.16 Å². The Morgan fingerprint density at radius 3 is 2.71 bits per heavy atom. The number of hydrogen-bond acceptors (Lipinski definition) is 5.